The molecule has 0 fully saturated rings. The van der Waals surface area contributed by atoms with Crippen molar-refractivity contribution in [3.8, 4) is 0 Å². The smallest absolute Gasteiger partial charge is 0.107 e. The van der Waals surface area contributed by atoms with Gasteiger partial charge in [-0.05, 0) is 37.4 Å². The van der Waals surface area contributed by atoms with E-state index in [-0.39, 0.29) is 6.67 Å². The van der Waals surface area contributed by atoms with Gasteiger partial charge in [0.2, 0.25) is 0 Å². The van der Waals surface area contributed by atoms with E-state index in [0.29, 0.717) is 12.6 Å². The van der Waals surface area contributed by atoms with Crippen molar-refractivity contribution < 1.29 is 4.39 Å². The SMILES string of the molecule is CCCNC1CCCN(CCF)c2ccccc21. The molecule has 1 aromatic rings. The van der Waals surface area contributed by atoms with Crippen LogP contribution in [-0.4, -0.2) is 26.3 Å². The summed E-state index contributed by atoms with van der Waals surface area (Å²) in [5.41, 5.74) is 2.54. The minimum atomic E-state index is -0.276. The summed E-state index contributed by atoms with van der Waals surface area (Å²) in [6, 6.07) is 8.85. The van der Waals surface area contributed by atoms with Gasteiger partial charge in [-0.3, -0.25) is 0 Å². The van der Waals surface area contributed by atoms with E-state index in [9.17, 15) is 4.39 Å². The standard InChI is InChI=1S/C15H23FN2/c1-2-10-17-14-7-5-11-18(12-9-16)15-8-4-3-6-13(14)15/h3-4,6,8,14,17H,2,5,7,9-12H2,1H3. The van der Waals surface area contributed by atoms with E-state index in [4.69, 9.17) is 0 Å². The first-order valence-electron chi connectivity index (χ1n) is 7.00. The summed E-state index contributed by atoms with van der Waals surface area (Å²) in [6.07, 6.45) is 3.41. The minimum Gasteiger partial charge on any atom is -0.369 e. The predicted molar refractivity (Wildman–Crippen MR) is 74.9 cm³/mol. The molecule has 2 rings (SSSR count). The van der Waals surface area contributed by atoms with Crippen molar-refractivity contribution in [1.82, 2.24) is 5.32 Å². The molecule has 1 unspecified atom stereocenters. The Morgan fingerprint density at radius 2 is 2.22 bits per heavy atom. The molecule has 0 bridgehead atoms. The lowest BCUT2D eigenvalue weighted by Crippen LogP contribution is -2.26. The van der Waals surface area contributed by atoms with E-state index in [1.807, 2.05) is 6.07 Å². The fraction of sp³-hybridized carbons (Fsp3) is 0.600. The Morgan fingerprint density at radius 1 is 1.39 bits per heavy atom. The number of alkyl halides is 1. The molecular formula is C15H23FN2. The molecular weight excluding hydrogens is 227 g/mol. The Bertz CT molecular complexity index is 367. The van der Waals surface area contributed by atoms with Crippen LogP contribution in [0.3, 0.4) is 0 Å². The highest BCUT2D eigenvalue weighted by Gasteiger charge is 2.21. The number of rotatable bonds is 5. The van der Waals surface area contributed by atoms with Crippen molar-refractivity contribution in [2.45, 2.75) is 32.2 Å². The van der Waals surface area contributed by atoms with Crippen LogP contribution in [-0.2, 0) is 0 Å². The van der Waals surface area contributed by atoms with Crippen LogP contribution in [0.25, 0.3) is 0 Å². The molecule has 0 saturated heterocycles. The van der Waals surface area contributed by atoms with Crippen LogP contribution >= 0.6 is 0 Å². The quantitative estimate of drug-likeness (QED) is 0.862. The van der Waals surface area contributed by atoms with E-state index in [1.165, 1.54) is 11.3 Å². The fourth-order valence-electron chi connectivity index (χ4n) is 2.70. The van der Waals surface area contributed by atoms with Crippen molar-refractivity contribution in [1.29, 1.82) is 0 Å². The zero-order valence-corrected chi connectivity index (χ0v) is 11.2. The molecule has 1 aliphatic heterocycles. The van der Waals surface area contributed by atoms with Gasteiger partial charge >= 0.3 is 0 Å². The van der Waals surface area contributed by atoms with Crippen molar-refractivity contribution in [3.63, 3.8) is 0 Å². The fourth-order valence-corrected chi connectivity index (χ4v) is 2.70. The van der Waals surface area contributed by atoms with Crippen LogP contribution in [0.4, 0.5) is 10.1 Å². The largest absolute Gasteiger partial charge is 0.369 e. The summed E-state index contributed by atoms with van der Waals surface area (Å²) >= 11 is 0. The van der Waals surface area contributed by atoms with Gasteiger partial charge in [0.1, 0.15) is 6.67 Å². The lowest BCUT2D eigenvalue weighted by Gasteiger charge is -2.25. The molecule has 18 heavy (non-hydrogen) atoms. The topological polar surface area (TPSA) is 15.3 Å². The van der Waals surface area contributed by atoms with Crippen molar-refractivity contribution in [3.05, 3.63) is 29.8 Å². The lowest BCUT2D eigenvalue weighted by atomic mass is 10.0. The van der Waals surface area contributed by atoms with E-state index in [2.05, 4.69) is 35.3 Å². The number of benzene rings is 1. The average molecular weight is 250 g/mol. The number of nitrogens with zero attached hydrogens (tertiary/aromatic N) is 1. The molecule has 0 radical (unpaired) electrons. The third-order valence-corrected chi connectivity index (χ3v) is 3.57. The highest BCUT2D eigenvalue weighted by Crippen LogP contribution is 2.32. The Balaban J connectivity index is 2.23. The summed E-state index contributed by atoms with van der Waals surface area (Å²) in [5.74, 6) is 0. The van der Waals surface area contributed by atoms with Crippen LogP contribution in [0.5, 0.6) is 0 Å². The van der Waals surface area contributed by atoms with Gasteiger partial charge in [0, 0.05) is 24.8 Å². The molecule has 1 heterocycles. The van der Waals surface area contributed by atoms with E-state index >= 15 is 0 Å². The predicted octanol–water partition coefficient (Wildman–Crippen LogP) is 3.30. The minimum absolute atomic E-state index is 0.276. The van der Waals surface area contributed by atoms with Gasteiger partial charge in [-0.2, -0.15) is 0 Å². The first kappa shape index (κ1) is 13.3. The summed E-state index contributed by atoms with van der Waals surface area (Å²) in [6.45, 7) is 4.43. The first-order chi connectivity index (χ1) is 8.86. The molecule has 1 aliphatic rings. The van der Waals surface area contributed by atoms with Crippen molar-refractivity contribution in [2.75, 3.05) is 31.2 Å². The van der Waals surface area contributed by atoms with Crippen molar-refractivity contribution in [2.24, 2.45) is 0 Å². The molecule has 1 atom stereocenters. The second kappa shape index (κ2) is 6.74. The number of halogens is 1. The highest BCUT2D eigenvalue weighted by atomic mass is 19.1. The van der Waals surface area contributed by atoms with Crippen LogP contribution in [0.2, 0.25) is 0 Å². The molecule has 0 aromatic heterocycles. The molecule has 100 valence electrons. The van der Waals surface area contributed by atoms with E-state index < -0.39 is 0 Å². The van der Waals surface area contributed by atoms with Gasteiger partial charge in [0.15, 0.2) is 0 Å². The molecule has 0 spiro atoms. The van der Waals surface area contributed by atoms with Crippen molar-refractivity contribution >= 4 is 5.69 Å². The van der Waals surface area contributed by atoms with Gasteiger partial charge in [-0.15, -0.1) is 0 Å². The zero-order chi connectivity index (χ0) is 12.8. The second-order valence-corrected chi connectivity index (χ2v) is 4.88. The number of hydrogen-bond acceptors (Lipinski definition) is 2. The maximum absolute atomic E-state index is 12.6. The normalized spacial score (nSPS) is 19.4. The Morgan fingerprint density at radius 3 is 3.00 bits per heavy atom. The Hall–Kier alpha value is -1.09. The molecule has 0 amide bonds. The van der Waals surface area contributed by atoms with E-state index in [1.54, 1.807) is 0 Å². The number of anilines is 1. The first-order valence-corrected chi connectivity index (χ1v) is 7.00. The highest BCUT2D eigenvalue weighted by molar-refractivity contribution is 5.55. The summed E-state index contributed by atoms with van der Waals surface area (Å²) < 4.78 is 12.6. The van der Waals surface area contributed by atoms with Gasteiger partial charge in [-0.25, -0.2) is 4.39 Å². The molecule has 3 heteroatoms. The number of fused-ring (bicyclic) bond motifs is 1. The van der Waals surface area contributed by atoms with E-state index in [0.717, 1.165) is 32.4 Å². The number of para-hydroxylation sites is 1. The van der Waals surface area contributed by atoms with Gasteiger partial charge < -0.3 is 10.2 Å². The monoisotopic (exact) mass is 250 g/mol. The molecule has 2 nitrogen and oxygen atoms in total. The molecule has 1 N–H and O–H groups in total. The Labute approximate surface area is 109 Å². The second-order valence-electron chi connectivity index (χ2n) is 4.88. The van der Waals surface area contributed by atoms with Crippen LogP contribution in [0.15, 0.2) is 24.3 Å². The lowest BCUT2D eigenvalue weighted by molar-refractivity contribution is 0.480. The van der Waals surface area contributed by atoms with Crippen LogP contribution < -0.4 is 10.2 Å². The van der Waals surface area contributed by atoms with Crippen LogP contribution in [0, 0.1) is 0 Å². The zero-order valence-electron chi connectivity index (χ0n) is 11.2. The Kier molecular flexibility index (Phi) is 5.00. The van der Waals surface area contributed by atoms with Crippen LogP contribution in [0.1, 0.15) is 37.8 Å². The maximum atomic E-state index is 12.6. The molecule has 0 aliphatic carbocycles. The van der Waals surface area contributed by atoms with Gasteiger partial charge in [0.25, 0.3) is 0 Å². The summed E-state index contributed by atoms with van der Waals surface area (Å²) in [7, 11) is 0. The third-order valence-electron chi connectivity index (χ3n) is 3.57. The summed E-state index contributed by atoms with van der Waals surface area (Å²) in [4.78, 5) is 2.18. The number of hydrogen-bond donors (Lipinski definition) is 1. The third kappa shape index (κ3) is 3.02. The average Bonchev–Trinajstić information content (AvgIpc) is 2.57. The molecule has 0 saturated carbocycles. The molecule has 1 aromatic carbocycles. The number of nitrogens with one attached hydrogen (secondary N) is 1. The maximum Gasteiger partial charge on any atom is 0.107 e. The van der Waals surface area contributed by atoms with Gasteiger partial charge in [-0.1, -0.05) is 25.1 Å². The van der Waals surface area contributed by atoms with Gasteiger partial charge in [0.05, 0.1) is 0 Å². The summed E-state index contributed by atoms with van der Waals surface area (Å²) in [5, 5.41) is 3.61.